The summed E-state index contributed by atoms with van der Waals surface area (Å²) in [5.41, 5.74) is 7.84. The summed E-state index contributed by atoms with van der Waals surface area (Å²) in [5, 5.41) is 1.13. The third-order valence-electron chi connectivity index (χ3n) is 3.07. The summed E-state index contributed by atoms with van der Waals surface area (Å²) in [4.78, 5) is 6.63. The molecule has 0 aliphatic carbocycles. The lowest BCUT2D eigenvalue weighted by molar-refractivity contribution is 0.122. The largest absolute Gasteiger partial charge is 0.384 e. The minimum Gasteiger partial charge on any atom is -0.384 e. The molecule has 4 heteroatoms. The monoisotopic (exact) mass is 229 g/mol. The number of hydrogen-bond acceptors (Lipinski definition) is 4. The number of nitrogen functional groups attached to an aromatic ring is 1. The van der Waals surface area contributed by atoms with Crippen molar-refractivity contribution in [2.75, 3.05) is 36.9 Å². The molecule has 0 bridgehead atoms. The lowest BCUT2D eigenvalue weighted by Gasteiger charge is -2.29. The first-order chi connectivity index (χ1) is 8.33. The van der Waals surface area contributed by atoms with E-state index in [0.717, 1.165) is 37.2 Å². The molecular formula is C13H15N3O. The zero-order valence-electron chi connectivity index (χ0n) is 9.60. The van der Waals surface area contributed by atoms with Crippen molar-refractivity contribution >= 4 is 22.4 Å². The Hall–Kier alpha value is -1.81. The van der Waals surface area contributed by atoms with Gasteiger partial charge in [0.15, 0.2) is 0 Å². The van der Waals surface area contributed by atoms with Gasteiger partial charge in [-0.2, -0.15) is 0 Å². The third kappa shape index (κ3) is 2.03. The summed E-state index contributed by atoms with van der Waals surface area (Å²) < 4.78 is 5.35. The van der Waals surface area contributed by atoms with Crippen molar-refractivity contribution in [3.05, 3.63) is 30.3 Å². The number of rotatable bonds is 1. The molecule has 88 valence electrons. The zero-order valence-corrected chi connectivity index (χ0v) is 9.60. The van der Waals surface area contributed by atoms with Crippen molar-refractivity contribution in [1.29, 1.82) is 0 Å². The van der Waals surface area contributed by atoms with Crippen LogP contribution in [0.4, 0.5) is 11.5 Å². The molecule has 0 radical (unpaired) electrons. The molecular weight excluding hydrogens is 214 g/mol. The van der Waals surface area contributed by atoms with Crippen LogP contribution in [-0.4, -0.2) is 31.3 Å². The Bertz CT molecular complexity index is 535. The Labute approximate surface area is 100.0 Å². The van der Waals surface area contributed by atoms with E-state index in [2.05, 4.69) is 22.0 Å². The fourth-order valence-electron chi connectivity index (χ4n) is 2.15. The molecule has 0 spiro atoms. The second kappa shape index (κ2) is 4.22. The SMILES string of the molecule is Nc1ccc2cc(N3CCOCC3)ccc2n1. The minimum atomic E-state index is 0.566. The van der Waals surface area contributed by atoms with E-state index >= 15 is 0 Å². The molecule has 0 saturated carbocycles. The van der Waals surface area contributed by atoms with Crippen molar-refractivity contribution in [2.45, 2.75) is 0 Å². The molecule has 0 unspecified atom stereocenters. The van der Waals surface area contributed by atoms with Crippen LogP contribution in [0.2, 0.25) is 0 Å². The Morgan fingerprint density at radius 1 is 1.12 bits per heavy atom. The van der Waals surface area contributed by atoms with E-state index in [-0.39, 0.29) is 0 Å². The summed E-state index contributed by atoms with van der Waals surface area (Å²) in [6.07, 6.45) is 0. The first-order valence-electron chi connectivity index (χ1n) is 5.82. The van der Waals surface area contributed by atoms with Gasteiger partial charge in [-0.1, -0.05) is 0 Å². The van der Waals surface area contributed by atoms with Gasteiger partial charge >= 0.3 is 0 Å². The topological polar surface area (TPSA) is 51.4 Å². The number of anilines is 2. The van der Waals surface area contributed by atoms with Crippen LogP contribution >= 0.6 is 0 Å². The normalized spacial score (nSPS) is 16.4. The van der Waals surface area contributed by atoms with Crippen molar-refractivity contribution in [2.24, 2.45) is 0 Å². The standard InChI is InChI=1S/C13H15N3O/c14-13-4-1-10-9-11(2-3-12(10)15-13)16-5-7-17-8-6-16/h1-4,9H,5-8H2,(H2,14,15). The first kappa shape index (κ1) is 10.4. The highest BCUT2D eigenvalue weighted by Gasteiger charge is 2.11. The van der Waals surface area contributed by atoms with E-state index in [0.29, 0.717) is 5.82 Å². The minimum absolute atomic E-state index is 0.566. The van der Waals surface area contributed by atoms with Crippen LogP contribution < -0.4 is 10.6 Å². The van der Waals surface area contributed by atoms with E-state index in [1.165, 1.54) is 5.69 Å². The number of ether oxygens (including phenoxy) is 1. The second-order valence-electron chi connectivity index (χ2n) is 4.21. The highest BCUT2D eigenvalue weighted by Crippen LogP contribution is 2.22. The maximum absolute atomic E-state index is 5.67. The number of pyridine rings is 1. The van der Waals surface area contributed by atoms with Crippen LogP contribution in [0.1, 0.15) is 0 Å². The maximum Gasteiger partial charge on any atom is 0.124 e. The molecule has 17 heavy (non-hydrogen) atoms. The highest BCUT2D eigenvalue weighted by molar-refractivity contribution is 5.83. The average Bonchev–Trinajstić information content (AvgIpc) is 2.39. The number of benzene rings is 1. The number of hydrogen-bond donors (Lipinski definition) is 1. The van der Waals surface area contributed by atoms with Crippen LogP contribution in [0.15, 0.2) is 30.3 Å². The predicted molar refractivity (Wildman–Crippen MR) is 69.2 cm³/mol. The van der Waals surface area contributed by atoms with Gasteiger partial charge in [-0.05, 0) is 30.3 Å². The number of aromatic nitrogens is 1. The van der Waals surface area contributed by atoms with Gasteiger partial charge in [0.05, 0.1) is 18.7 Å². The quantitative estimate of drug-likeness (QED) is 0.808. The summed E-state index contributed by atoms with van der Waals surface area (Å²) in [6.45, 7) is 3.51. The summed E-state index contributed by atoms with van der Waals surface area (Å²) >= 11 is 0. The molecule has 3 rings (SSSR count). The highest BCUT2D eigenvalue weighted by atomic mass is 16.5. The smallest absolute Gasteiger partial charge is 0.124 e. The van der Waals surface area contributed by atoms with Gasteiger partial charge in [-0.15, -0.1) is 0 Å². The van der Waals surface area contributed by atoms with Gasteiger partial charge in [0.25, 0.3) is 0 Å². The van der Waals surface area contributed by atoms with Crippen molar-refractivity contribution < 1.29 is 4.74 Å². The molecule has 1 aromatic carbocycles. The molecule has 1 aromatic heterocycles. The fourth-order valence-corrected chi connectivity index (χ4v) is 2.15. The molecule has 0 atom stereocenters. The average molecular weight is 229 g/mol. The number of nitrogens with zero attached hydrogens (tertiary/aromatic N) is 2. The lowest BCUT2D eigenvalue weighted by Crippen LogP contribution is -2.36. The van der Waals surface area contributed by atoms with Crippen LogP contribution in [0.25, 0.3) is 10.9 Å². The molecule has 2 aromatic rings. The Morgan fingerprint density at radius 2 is 1.94 bits per heavy atom. The van der Waals surface area contributed by atoms with Gasteiger partial charge in [-0.25, -0.2) is 4.98 Å². The summed E-state index contributed by atoms with van der Waals surface area (Å²) in [5.74, 6) is 0.566. The van der Waals surface area contributed by atoms with Crippen molar-refractivity contribution in [3.63, 3.8) is 0 Å². The molecule has 1 aliphatic rings. The second-order valence-corrected chi connectivity index (χ2v) is 4.21. The number of morpholine rings is 1. The summed E-state index contributed by atoms with van der Waals surface area (Å²) in [7, 11) is 0. The van der Waals surface area contributed by atoms with E-state index < -0.39 is 0 Å². The van der Waals surface area contributed by atoms with Crippen LogP contribution in [-0.2, 0) is 4.74 Å². The molecule has 4 nitrogen and oxygen atoms in total. The van der Waals surface area contributed by atoms with Gasteiger partial charge < -0.3 is 15.4 Å². The fraction of sp³-hybridized carbons (Fsp3) is 0.308. The Morgan fingerprint density at radius 3 is 2.76 bits per heavy atom. The van der Waals surface area contributed by atoms with Crippen LogP contribution in [0.5, 0.6) is 0 Å². The molecule has 2 N–H and O–H groups in total. The van der Waals surface area contributed by atoms with Crippen LogP contribution in [0, 0.1) is 0 Å². The molecule has 2 heterocycles. The Balaban J connectivity index is 1.98. The molecule has 0 amide bonds. The Kier molecular flexibility index (Phi) is 2.57. The van der Waals surface area contributed by atoms with Gasteiger partial charge in [0, 0.05) is 24.2 Å². The summed E-state index contributed by atoms with van der Waals surface area (Å²) in [6, 6.07) is 10.1. The van der Waals surface area contributed by atoms with Gasteiger partial charge in [0.1, 0.15) is 5.82 Å². The van der Waals surface area contributed by atoms with E-state index in [1.807, 2.05) is 18.2 Å². The maximum atomic E-state index is 5.67. The van der Waals surface area contributed by atoms with Gasteiger partial charge in [0.2, 0.25) is 0 Å². The molecule has 1 aliphatic heterocycles. The predicted octanol–water partition coefficient (Wildman–Crippen LogP) is 1.65. The first-order valence-corrected chi connectivity index (χ1v) is 5.82. The van der Waals surface area contributed by atoms with E-state index in [4.69, 9.17) is 10.5 Å². The van der Waals surface area contributed by atoms with E-state index in [9.17, 15) is 0 Å². The third-order valence-corrected chi connectivity index (χ3v) is 3.07. The van der Waals surface area contributed by atoms with Crippen molar-refractivity contribution in [1.82, 2.24) is 4.98 Å². The zero-order chi connectivity index (χ0) is 11.7. The van der Waals surface area contributed by atoms with Gasteiger partial charge in [-0.3, -0.25) is 0 Å². The van der Waals surface area contributed by atoms with Crippen molar-refractivity contribution in [3.8, 4) is 0 Å². The lowest BCUT2D eigenvalue weighted by atomic mass is 10.2. The number of fused-ring (bicyclic) bond motifs is 1. The van der Waals surface area contributed by atoms with E-state index in [1.54, 1.807) is 0 Å². The number of nitrogens with two attached hydrogens (primary N) is 1. The van der Waals surface area contributed by atoms with Crippen LogP contribution in [0.3, 0.4) is 0 Å². The molecule has 1 fully saturated rings. The molecule has 1 saturated heterocycles.